The topological polar surface area (TPSA) is 53.1 Å². The number of nitrogens with one attached hydrogen (secondary N) is 1. The van der Waals surface area contributed by atoms with E-state index in [4.69, 9.17) is 5.11 Å². The summed E-state index contributed by atoms with van der Waals surface area (Å²) >= 11 is 0. The number of carbonyl (C=O) groups is 1. The van der Waals surface area contributed by atoms with E-state index in [9.17, 15) is 4.79 Å². The molecule has 0 spiro atoms. The van der Waals surface area contributed by atoms with Gasteiger partial charge in [0.1, 0.15) is 0 Å². The Labute approximate surface area is 90.5 Å². The minimum Gasteiger partial charge on any atom is -0.481 e. The van der Waals surface area contributed by atoms with Gasteiger partial charge in [0.15, 0.2) is 0 Å². The quantitative estimate of drug-likeness (QED) is 0.782. The highest BCUT2D eigenvalue weighted by molar-refractivity contribution is 5.67. The van der Waals surface area contributed by atoms with Gasteiger partial charge in [-0.05, 0) is 37.3 Å². The molecule has 15 heavy (non-hydrogen) atoms. The first-order valence-corrected chi connectivity index (χ1v) is 5.51. The van der Waals surface area contributed by atoms with E-state index in [-0.39, 0.29) is 6.42 Å². The number of carboxylic acid groups (broad SMARTS) is 1. The summed E-state index contributed by atoms with van der Waals surface area (Å²) in [5.74, 6) is -0.726. The number of hydrogen-bond donors (Lipinski definition) is 2. The highest BCUT2D eigenvalue weighted by Gasteiger charge is 2.12. The molecule has 1 aromatic rings. The highest BCUT2D eigenvalue weighted by Crippen LogP contribution is 2.21. The van der Waals surface area contributed by atoms with Crippen molar-refractivity contribution in [3.8, 4) is 0 Å². The van der Waals surface area contributed by atoms with Gasteiger partial charge < -0.3 is 10.1 Å². The van der Waals surface area contributed by atoms with Crippen LogP contribution < -0.4 is 0 Å². The molecule has 3 nitrogen and oxygen atoms in total. The Hall–Kier alpha value is -1.25. The minimum absolute atomic E-state index is 0.217. The molecule has 0 saturated carbocycles. The number of rotatable bonds is 5. The summed E-state index contributed by atoms with van der Waals surface area (Å²) in [6.07, 6.45) is 2.78. The van der Waals surface area contributed by atoms with E-state index in [2.05, 4.69) is 25.8 Å². The van der Waals surface area contributed by atoms with Gasteiger partial charge in [-0.2, -0.15) is 0 Å². The molecular formula is C12H19NO2. The van der Waals surface area contributed by atoms with Crippen LogP contribution in [0.3, 0.4) is 0 Å². The molecule has 0 aliphatic heterocycles. The third-order valence-electron chi connectivity index (χ3n) is 2.87. The van der Waals surface area contributed by atoms with Crippen LogP contribution >= 0.6 is 0 Å². The molecule has 3 heteroatoms. The molecule has 1 aromatic heterocycles. The zero-order chi connectivity index (χ0) is 11.4. The van der Waals surface area contributed by atoms with E-state index >= 15 is 0 Å². The van der Waals surface area contributed by atoms with E-state index in [0.717, 1.165) is 12.8 Å². The van der Waals surface area contributed by atoms with Crippen LogP contribution in [0.15, 0.2) is 0 Å². The van der Waals surface area contributed by atoms with Crippen LogP contribution in [0.25, 0.3) is 0 Å². The van der Waals surface area contributed by atoms with Crippen molar-refractivity contribution < 1.29 is 9.90 Å². The van der Waals surface area contributed by atoms with Crippen molar-refractivity contribution >= 4 is 5.97 Å². The average Bonchev–Trinajstić information content (AvgIpc) is 2.51. The second-order valence-corrected chi connectivity index (χ2v) is 3.79. The van der Waals surface area contributed by atoms with Gasteiger partial charge in [0.2, 0.25) is 0 Å². The van der Waals surface area contributed by atoms with Gasteiger partial charge in [0.25, 0.3) is 0 Å². The summed E-state index contributed by atoms with van der Waals surface area (Å²) in [5.41, 5.74) is 4.89. The van der Waals surface area contributed by atoms with E-state index < -0.39 is 5.97 Å². The van der Waals surface area contributed by atoms with Crippen LogP contribution in [0, 0.1) is 6.92 Å². The van der Waals surface area contributed by atoms with Crippen molar-refractivity contribution in [3.05, 3.63) is 22.5 Å². The Morgan fingerprint density at radius 3 is 2.33 bits per heavy atom. The fraction of sp³-hybridized carbons (Fsp3) is 0.583. The largest absolute Gasteiger partial charge is 0.481 e. The highest BCUT2D eigenvalue weighted by atomic mass is 16.4. The molecule has 1 rings (SSSR count). The maximum atomic E-state index is 10.5. The first-order valence-electron chi connectivity index (χ1n) is 5.51. The molecule has 0 aromatic carbocycles. The molecule has 0 radical (unpaired) electrons. The molecule has 1 heterocycles. The maximum absolute atomic E-state index is 10.5. The third kappa shape index (κ3) is 2.61. The third-order valence-corrected chi connectivity index (χ3v) is 2.87. The van der Waals surface area contributed by atoms with Gasteiger partial charge in [-0.1, -0.05) is 13.8 Å². The smallest absolute Gasteiger partial charge is 0.303 e. The normalized spacial score (nSPS) is 10.6. The van der Waals surface area contributed by atoms with Crippen LogP contribution in [0.5, 0.6) is 0 Å². The maximum Gasteiger partial charge on any atom is 0.303 e. The van der Waals surface area contributed by atoms with E-state index in [1.54, 1.807) is 0 Å². The molecule has 0 aliphatic rings. The van der Waals surface area contributed by atoms with Crippen LogP contribution in [0.1, 0.15) is 42.8 Å². The Bertz CT molecular complexity index is 353. The lowest BCUT2D eigenvalue weighted by Gasteiger charge is -2.01. The van der Waals surface area contributed by atoms with Crippen molar-refractivity contribution in [2.45, 2.75) is 46.5 Å². The lowest BCUT2D eigenvalue weighted by molar-refractivity contribution is -0.136. The van der Waals surface area contributed by atoms with Crippen molar-refractivity contribution in [1.29, 1.82) is 0 Å². The summed E-state index contributed by atoms with van der Waals surface area (Å²) in [6, 6.07) is 0. The van der Waals surface area contributed by atoms with Crippen LogP contribution in [-0.4, -0.2) is 16.1 Å². The van der Waals surface area contributed by atoms with Gasteiger partial charge in [-0.15, -0.1) is 0 Å². The molecule has 0 amide bonds. The fourth-order valence-corrected chi connectivity index (χ4v) is 1.99. The van der Waals surface area contributed by atoms with Crippen LogP contribution in [0.4, 0.5) is 0 Å². The number of carboxylic acids is 1. The SMILES string of the molecule is CCc1[nH]c(CC)c(CCC(=O)O)c1C. The average molecular weight is 209 g/mol. The summed E-state index contributed by atoms with van der Waals surface area (Å²) in [7, 11) is 0. The zero-order valence-corrected chi connectivity index (χ0v) is 9.68. The van der Waals surface area contributed by atoms with E-state index in [0.29, 0.717) is 6.42 Å². The predicted molar refractivity (Wildman–Crippen MR) is 60.2 cm³/mol. The van der Waals surface area contributed by atoms with Crippen LogP contribution in [-0.2, 0) is 24.1 Å². The first-order chi connectivity index (χ1) is 7.10. The minimum atomic E-state index is -0.726. The number of aromatic amines is 1. The summed E-state index contributed by atoms with van der Waals surface area (Å²) in [4.78, 5) is 13.9. The Kier molecular flexibility index (Phi) is 3.95. The number of H-pyrrole nitrogens is 1. The molecule has 2 N–H and O–H groups in total. The van der Waals surface area contributed by atoms with Gasteiger partial charge in [-0.3, -0.25) is 4.79 Å². The van der Waals surface area contributed by atoms with E-state index in [1.807, 2.05) is 0 Å². The van der Waals surface area contributed by atoms with Crippen molar-refractivity contribution in [2.75, 3.05) is 0 Å². The van der Waals surface area contributed by atoms with Gasteiger partial charge in [0, 0.05) is 17.8 Å². The molecule has 0 aliphatic carbocycles. The standard InChI is InChI=1S/C12H19NO2/c1-4-10-8(3)9(6-7-12(14)15)11(5-2)13-10/h13H,4-7H2,1-3H3,(H,14,15). The lowest BCUT2D eigenvalue weighted by atomic mass is 10.0. The molecule has 84 valence electrons. The predicted octanol–water partition coefficient (Wildman–Crippen LogP) is 2.47. The number of hydrogen-bond acceptors (Lipinski definition) is 1. The number of aromatic nitrogens is 1. The van der Waals surface area contributed by atoms with Crippen LogP contribution in [0.2, 0.25) is 0 Å². The molecular weight excluding hydrogens is 190 g/mol. The van der Waals surface area contributed by atoms with Crippen molar-refractivity contribution in [2.24, 2.45) is 0 Å². The monoisotopic (exact) mass is 209 g/mol. The second kappa shape index (κ2) is 5.01. The molecule has 0 atom stereocenters. The Balaban J connectivity index is 2.92. The second-order valence-electron chi connectivity index (χ2n) is 3.79. The van der Waals surface area contributed by atoms with Crippen molar-refractivity contribution in [1.82, 2.24) is 4.98 Å². The van der Waals surface area contributed by atoms with Crippen molar-refractivity contribution in [3.63, 3.8) is 0 Å². The number of aliphatic carboxylic acids is 1. The molecule has 0 fully saturated rings. The lowest BCUT2D eigenvalue weighted by Crippen LogP contribution is -2.00. The van der Waals surface area contributed by atoms with Gasteiger partial charge >= 0.3 is 5.97 Å². The summed E-state index contributed by atoms with van der Waals surface area (Å²) in [5, 5.41) is 8.68. The summed E-state index contributed by atoms with van der Waals surface area (Å²) < 4.78 is 0. The molecule has 0 bridgehead atoms. The number of aryl methyl sites for hydroxylation is 2. The molecule has 0 saturated heterocycles. The van der Waals surface area contributed by atoms with Gasteiger partial charge in [-0.25, -0.2) is 0 Å². The summed E-state index contributed by atoms with van der Waals surface area (Å²) in [6.45, 7) is 6.28. The Morgan fingerprint density at radius 2 is 1.87 bits per heavy atom. The Morgan fingerprint density at radius 1 is 1.27 bits per heavy atom. The van der Waals surface area contributed by atoms with Gasteiger partial charge in [0.05, 0.1) is 0 Å². The van der Waals surface area contributed by atoms with E-state index in [1.165, 1.54) is 22.5 Å². The zero-order valence-electron chi connectivity index (χ0n) is 9.68. The first kappa shape index (κ1) is 11.8. The molecule has 0 unspecified atom stereocenters. The fourth-order valence-electron chi connectivity index (χ4n) is 1.99.